The second-order valence-electron chi connectivity index (χ2n) is 10.6. The number of benzene rings is 7. The Bertz CT molecular complexity index is 2490. The van der Waals surface area contributed by atoms with Crippen molar-refractivity contribution < 1.29 is 0 Å². The number of hydrogen-bond acceptors (Lipinski definition) is 3. The van der Waals surface area contributed by atoms with Crippen LogP contribution in [0.25, 0.3) is 61.9 Å². The van der Waals surface area contributed by atoms with Crippen molar-refractivity contribution in [3.05, 3.63) is 138 Å². The molecular formula is C38H22ClNS2. The van der Waals surface area contributed by atoms with Gasteiger partial charge >= 0.3 is 0 Å². The molecule has 0 aliphatic carbocycles. The first kappa shape index (κ1) is 24.2. The van der Waals surface area contributed by atoms with Crippen LogP contribution < -0.4 is 4.90 Å². The lowest BCUT2D eigenvalue weighted by molar-refractivity contribution is 1.31. The molecule has 0 saturated heterocycles. The number of anilines is 3. The zero-order valence-electron chi connectivity index (χ0n) is 22.3. The smallest absolute Gasteiger partial charge is 0.0554 e. The quantitative estimate of drug-likeness (QED) is 0.197. The molecule has 0 radical (unpaired) electrons. The fourth-order valence-corrected chi connectivity index (χ4v) is 9.22. The number of halogens is 1. The second kappa shape index (κ2) is 9.30. The minimum absolute atomic E-state index is 0.801. The van der Waals surface area contributed by atoms with Gasteiger partial charge in [0.1, 0.15) is 0 Å². The lowest BCUT2D eigenvalue weighted by Gasteiger charge is -2.27. The van der Waals surface area contributed by atoms with Crippen LogP contribution in [0.5, 0.6) is 0 Å². The highest BCUT2D eigenvalue weighted by Crippen LogP contribution is 2.48. The lowest BCUT2D eigenvalue weighted by atomic mass is 10.0. The van der Waals surface area contributed by atoms with Crippen LogP contribution in [0.4, 0.5) is 17.1 Å². The number of thiophene rings is 2. The largest absolute Gasteiger partial charge is 0.310 e. The summed E-state index contributed by atoms with van der Waals surface area (Å²) in [4.78, 5) is 2.41. The van der Waals surface area contributed by atoms with E-state index in [9.17, 15) is 0 Å². The molecule has 9 aromatic rings. The Labute approximate surface area is 255 Å². The zero-order valence-corrected chi connectivity index (χ0v) is 24.7. The molecule has 0 atom stereocenters. The van der Waals surface area contributed by atoms with E-state index in [0.717, 1.165) is 21.8 Å². The van der Waals surface area contributed by atoms with E-state index in [4.69, 9.17) is 11.6 Å². The summed E-state index contributed by atoms with van der Waals surface area (Å²) < 4.78 is 5.09. The van der Waals surface area contributed by atoms with Gasteiger partial charge in [0, 0.05) is 57.1 Å². The standard InChI is InChI=1S/C38H22ClNS2/c39-31-20-23-10-4-5-13-26(23)38-37(31)30-21-25(18-19-34(30)42-38)40(24-11-2-1-3-12-24)32-22-35-36(28-15-7-6-14-27(28)32)29-16-8-9-17-33(29)41-35/h1-22H. The minimum atomic E-state index is 0.801. The van der Waals surface area contributed by atoms with E-state index in [1.165, 1.54) is 62.2 Å². The first-order valence-electron chi connectivity index (χ1n) is 14.0. The molecule has 1 nitrogen and oxygen atoms in total. The van der Waals surface area contributed by atoms with Crippen LogP contribution in [0.1, 0.15) is 0 Å². The van der Waals surface area contributed by atoms with Gasteiger partial charge in [-0.3, -0.25) is 0 Å². The van der Waals surface area contributed by atoms with Gasteiger partial charge in [0.15, 0.2) is 0 Å². The van der Waals surface area contributed by atoms with Crippen molar-refractivity contribution in [1.29, 1.82) is 0 Å². The van der Waals surface area contributed by atoms with Crippen molar-refractivity contribution in [2.24, 2.45) is 0 Å². The highest BCUT2D eigenvalue weighted by Gasteiger charge is 2.21. The second-order valence-corrected chi connectivity index (χ2v) is 13.2. The summed E-state index contributed by atoms with van der Waals surface area (Å²) in [6, 6.07) is 48.1. The Balaban J connectivity index is 1.37. The Hall–Kier alpha value is -4.41. The van der Waals surface area contributed by atoms with Crippen molar-refractivity contribution >= 4 is 113 Å². The summed E-state index contributed by atoms with van der Waals surface area (Å²) in [5.41, 5.74) is 3.41. The van der Waals surface area contributed by atoms with Crippen molar-refractivity contribution in [1.82, 2.24) is 0 Å². The first-order valence-corrected chi connectivity index (χ1v) is 16.0. The molecule has 0 spiro atoms. The van der Waals surface area contributed by atoms with Gasteiger partial charge in [0.25, 0.3) is 0 Å². The van der Waals surface area contributed by atoms with Crippen LogP contribution in [0, 0.1) is 0 Å². The maximum Gasteiger partial charge on any atom is 0.0554 e. The number of rotatable bonds is 3. The van der Waals surface area contributed by atoms with E-state index in [0.29, 0.717) is 0 Å². The molecule has 0 fully saturated rings. The van der Waals surface area contributed by atoms with E-state index in [2.05, 4.69) is 138 Å². The fourth-order valence-electron chi connectivity index (χ4n) is 6.45. The summed E-state index contributed by atoms with van der Waals surface area (Å²) in [7, 11) is 0. The summed E-state index contributed by atoms with van der Waals surface area (Å²) >= 11 is 10.7. The van der Waals surface area contributed by atoms with Crippen molar-refractivity contribution in [3.63, 3.8) is 0 Å². The molecule has 42 heavy (non-hydrogen) atoms. The summed E-state index contributed by atoms with van der Waals surface area (Å²) in [6.07, 6.45) is 0. The number of hydrogen-bond donors (Lipinski definition) is 0. The molecule has 9 rings (SSSR count). The highest BCUT2D eigenvalue weighted by molar-refractivity contribution is 7.27. The van der Waals surface area contributed by atoms with Crippen LogP contribution in [0.3, 0.4) is 0 Å². The van der Waals surface area contributed by atoms with Crippen LogP contribution in [0.15, 0.2) is 133 Å². The van der Waals surface area contributed by atoms with E-state index in [1.807, 2.05) is 22.7 Å². The molecule has 2 aromatic heterocycles. The average molecular weight is 592 g/mol. The molecule has 0 N–H and O–H groups in total. The van der Waals surface area contributed by atoms with Gasteiger partial charge in [-0.05, 0) is 64.7 Å². The Kier molecular flexibility index (Phi) is 5.36. The summed E-state index contributed by atoms with van der Waals surface area (Å²) in [5.74, 6) is 0. The van der Waals surface area contributed by atoms with Gasteiger partial charge in [-0.25, -0.2) is 0 Å². The topological polar surface area (TPSA) is 3.24 Å². The fraction of sp³-hybridized carbons (Fsp3) is 0. The third-order valence-electron chi connectivity index (χ3n) is 8.27. The van der Waals surface area contributed by atoms with Gasteiger partial charge < -0.3 is 4.90 Å². The zero-order chi connectivity index (χ0) is 27.8. The number of para-hydroxylation sites is 1. The predicted molar refractivity (Wildman–Crippen MR) is 187 cm³/mol. The molecule has 4 heteroatoms. The van der Waals surface area contributed by atoms with Crippen LogP contribution in [0.2, 0.25) is 5.02 Å². The number of nitrogens with zero attached hydrogens (tertiary/aromatic N) is 1. The van der Waals surface area contributed by atoms with Crippen LogP contribution in [-0.2, 0) is 0 Å². The molecular weight excluding hydrogens is 570 g/mol. The van der Waals surface area contributed by atoms with E-state index >= 15 is 0 Å². The Morgan fingerprint density at radius 1 is 0.452 bits per heavy atom. The van der Waals surface area contributed by atoms with Gasteiger partial charge in [0.05, 0.1) is 10.7 Å². The predicted octanol–water partition coefficient (Wildman–Crippen LogP) is 12.9. The normalized spacial score (nSPS) is 11.9. The third kappa shape index (κ3) is 3.55. The van der Waals surface area contributed by atoms with Crippen molar-refractivity contribution in [2.45, 2.75) is 0 Å². The number of fused-ring (bicyclic) bond motifs is 10. The monoisotopic (exact) mass is 591 g/mol. The van der Waals surface area contributed by atoms with Crippen molar-refractivity contribution in [3.8, 4) is 0 Å². The van der Waals surface area contributed by atoms with Crippen molar-refractivity contribution in [2.75, 3.05) is 4.90 Å². The minimum Gasteiger partial charge on any atom is -0.310 e. The third-order valence-corrected chi connectivity index (χ3v) is 10.9. The average Bonchev–Trinajstić information content (AvgIpc) is 3.61. The Morgan fingerprint density at radius 3 is 2.00 bits per heavy atom. The maximum atomic E-state index is 7.00. The van der Waals surface area contributed by atoms with Gasteiger partial charge in [-0.1, -0.05) is 96.5 Å². The molecule has 0 unspecified atom stereocenters. The molecule has 198 valence electrons. The van der Waals surface area contributed by atoms with E-state index < -0.39 is 0 Å². The molecule has 0 aliphatic rings. The summed E-state index contributed by atoms with van der Waals surface area (Å²) in [5, 5.41) is 10.7. The molecule has 0 saturated carbocycles. The first-order chi connectivity index (χ1) is 20.7. The Morgan fingerprint density at radius 2 is 1.14 bits per heavy atom. The molecule has 7 aromatic carbocycles. The van der Waals surface area contributed by atoms with Gasteiger partial charge in [-0.15, -0.1) is 22.7 Å². The molecule has 2 heterocycles. The van der Waals surface area contributed by atoms with Crippen LogP contribution >= 0.6 is 34.3 Å². The SMILES string of the molecule is Clc1cc2ccccc2c2sc3ccc(N(c4ccccc4)c4cc5sc6ccccc6c5c5ccccc45)cc3c12. The van der Waals surface area contributed by atoms with Gasteiger partial charge in [0.2, 0.25) is 0 Å². The molecule has 0 amide bonds. The van der Waals surface area contributed by atoms with Crippen LogP contribution in [-0.4, -0.2) is 0 Å². The summed E-state index contributed by atoms with van der Waals surface area (Å²) in [6.45, 7) is 0. The highest BCUT2D eigenvalue weighted by atomic mass is 35.5. The molecule has 0 bridgehead atoms. The van der Waals surface area contributed by atoms with E-state index in [-0.39, 0.29) is 0 Å². The maximum absolute atomic E-state index is 7.00. The van der Waals surface area contributed by atoms with Gasteiger partial charge in [-0.2, -0.15) is 0 Å². The lowest BCUT2D eigenvalue weighted by Crippen LogP contribution is -2.10. The molecule has 0 aliphatic heterocycles. The van der Waals surface area contributed by atoms with E-state index in [1.54, 1.807) is 0 Å².